The van der Waals surface area contributed by atoms with Gasteiger partial charge in [-0.1, -0.05) is 78.1 Å². The molecule has 0 radical (unpaired) electrons. The van der Waals surface area contributed by atoms with E-state index in [0.717, 1.165) is 35.7 Å². The van der Waals surface area contributed by atoms with E-state index in [-0.39, 0.29) is 5.91 Å². The Morgan fingerprint density at radius 2 is 1.48 bits per heavy atom. The smallest absolute Gasteiger partial charge is 0.278 e. The van der Waals surface area contributed by atoms with Crippen LogP contribution in [0.2, 0.25) is 0 Å². The highest BCUT2D eigenvalue weighted by atomic mass is 32.1. The lowest BCUT2D eigenvalue weighted by Gasteiger charge is -2.30. The number of benzene rings is 4. The largest absolute Gasteiger partial charge is 0.457 e. The number of azo groups is 1. The van der Waals surface area contributed by atoms with Crippen molar-refractivity contribution in [3.63, 3.8) is 0 Å². The topological polar surface area (TPSA) is 92.0 Å². The number of thiazole rings is 1. The summed E-state index contributed by atoms with van der Waals surface area (Å²) in [7, 11) is 0. The number of carbonyl (C=O) groups excluding carboxylic acids is 1. The zero-order valence-corrected chi connectivity index (χ0v) is 24.6. The summed E-state index contributed by atoms with van der Waals surface area (Å²) in [5, 5.41) is 10.1. The molecule has 0 atom stereocenters. The molecule has 0 bridgehead atoms. The van der Waals surface area contributed by atoms with Gasteiger partial charge in [-0.2, -0.15) is 0 Å². The van der Waals surface area contributed by atoms with Crippen molar-refractivity contribution in [3.8, 4) is 22.8 Å². The normalized spacial score (nSPS) is 16.1. The van der Waals surface area contributed by atoms with Crippen molar-refractivity contribution in [3.05, 3.63) is 115 Å². The van der Waals surface area contributed by atoms with E-state index in [4.69, 9.17) is 19.5 Å². The van der Waals surface area contributed by atoms with Gasteiger partial charge in [0.15, 0.2) is 5.00 Å². The van der Waals surface area contributed by atoms with Gasteiger partial charge in [0.2, 0.25) is 5.13 Å². The number of para-hydroxylation sites is 2. The predicted molar refractivity (Wildman–Crippen MR) is 172 cm³/mol. The molecule has 7 rings (SSSR count). The number of nitrogens with zero attached hydrogens (tertiary/aromatic N) is 6. The molecule has 0 N–H and O–H groups in total. The molecule has 10 heteroatoms. The van der Waals surface area contributed by atoms with Gasteiger partial charge in [-0.15, -0.1) is 10.2 Å². The average Bonchev–Trinajstić information content (AvgIpc) is 3.60. The number of hydrogen-bond acceptors (Lipinski definition) is 9. The van der Waals surface area contributed by atoms with Crippen molar-refractivity contribution in [1.29, 1.82) is 0 Å². The molecule has 9 nitrogen and oxygen atoms in total. The highest BCUT2D eigenvalue weighted by Gasteiger charge is 2.35. The molecule has 2 aliphatic rings. The highest BCUT2D eigenvalue weighted by Crippen LogP contribution is 2.41. The van der Waals surface area contributed by atoms with E-state index in [1.807, 2.05) is 109 Å². The van der Waals surface area contributed by atoms with Gasteiger partial charge in [-0.25, -0.2) is 9.98 Å². The van der Waals surface area contributed by atoms with E-state index in [1.54, 1.807) is 4.90 Å². The lowest BCUT2D eigenvalue weighted by Crippen LogP contribution is -2.45. The molecule has 4 aromatic carbocycles. The second-order valence-corrected chi connectivity index (χ2v) is 11.2. The number of amides is 1. The number of hydrogen-bond donors (Lipinski definition) is 0. The zero-order valence-electron chi connectivity index (χ0n) is 23.7. The molecule has 1 fully saturated rings. The molecule has 1 amide bonds. The molecular weight excluding hydrogens is 572 g/mol. The summed E-state index contributed by atoms with van der Waals surface area (Å²) < 4.78 is 11.4. The third-order valence-corrected chi connectivity index (χ3v) is 8.10. The van der Waals surface area contributed by atoms with Crippen molar-refractivity contribution in [1.82, 2.24) is 9.88 Å². The van der Waals surface area contributed by atoms with Crippen LogP contribution in [-0.4, -0.2) is 54.5 Å². The molecule has 0 aliphatic carbocycles. The first kappa shape index (κ1) is 27.8. The standard InChI is InChI=1S/C34H28N6O3S/c41-33-31(28-13-7-8-14-29(28)40(33)23-39-19-21-42-22-20-39)36-34-35-30(24-9-3-1-4-10-24)32(44-34)38-37-25-15-17-27(18-16-25)43-26-11-5-2-6-12-26/h1-18H,19-23H2/b36-31-,38-37?. The second-order valence-electron chi connectivity index (χ2n) is 10.2. The Hall–Kier alpha value is -5.03. The van der Waals surface area contributed by atoms with Crippen molar-refractivity contribution in [2.45, 2.75) is 0 Å². The second kappa shape index (κ2) is 12.7. The fourth-order valence-electron chi connectivity index (χ4n) is 5.06. The Bertz CT molecular complexity index is 1820. The lowest BCUT2D eigenvalue weighted by atomic mass is 10.1. The van der Waals surface area contributed by atoms with Crippen LogP contribution in [-0.2, 0) is 9.53 Å². The highest BCUT2D eigenvalue weighted by molar-refractivity contribution is 7.19. The fourth-order valence-corrected chi connectivity index (χ4v) is 5.85. The van der Waals surface area contributed by atoms with Gasteiger partial charge in [0, 0.05) is 24.2 Å². The van der Waals surface area contributed by atoms with Crippen LogP contribution in [0.3, 0.4) is 0 Å². The van der Waals surface area contributed by atoms with Gasteiger partial charge in [0.05, 0.1) is 31.3 Å². The maximum absolute atomic E-state index is 13.7. The van der Waals surface area contributed by atoms with Gasteiger partial charge in [-0.05, 0) is 42.5 Å². The molecule has 218 valence electrons. The van der Waals surface area contributed by atoms with Gasteiger partial charge >= 0.3 is 0 Å². The quantitative estimate of drug-likeness (QED) is 0.170. The predicted octanol–water partition coefficient (Wildman–Crippen LogP) is 7.77. The van der Waals surface area contributed by atoms with Crippen LogP contribution >= 0.6 is 11.3 Å². The Balaban J connectivity index is 1.18. The van der Waals surface area contributed by atoms with Gasteiger partial charge < -0.3 is 9.47 Å². The summed E-state index contributed by atoms with van der Waals surface area (Å²) in [5.74, 6) is 1.33. The summed E-state index contributed by atoms with van der Waals surface area (Å²) >= 11 is 1.30. The van der Waals surface area contributed by atoms with Crippen LogP contribution in [0.1, 0.15) is 5.56 Å². The average molecular weight is 601 g/mol. The number of carbonyl (C=O) groups is 1. The summed E-state index contributed by atoms with van der Waals surface area (Å²) in [6.07, 6.45) is 0. The number of aromatic nitrogens is 1. The number of fused-ring (bicyclic) bond motifs is 1. The maximum atomic E-state index is 13.7. The molecule has 1 saturated heterocycles. The molecule has 2 aliphatic heterocycles. The van der Waals surface area contributed by atoms with Crippen LogP contribution in [0, 0.1) is 0 Å². The van der Waals surface area contributed by atoms with Gasteiger partial charge in [0.25, 0.3) is 5.91 Å². The van der Waals surface area contributed by atoms with Crippen molar-refractivity contribution >= 4 is 44.5 Å². The molecule has 0 saturated carbocycles. The minimum atomic E-state index is -0.143. The number of ether oxygens (including phenoxy) is 2. The fraction of sp³-hybridized carbons (Fsp3) is 0.147. The molecule has 44 heavy (non-hydrogen) atoms. The molecule has 0 unspecified atom stereocenters. The summed E-state index contributed by atoms with van der Waals surface area (Å²) in [6.45, 7) is 3.37. The first-order valence-electron chi connectivity index (χ1n) is 14.3. The van der Waals surface area contributed by atoms with E-state index in [0.29, 0.717) is 52.9 Å². The number of anilines is 1. The summed E-state index contributed by atoms with van der Waals surface area (Å²) in [6, 6.07) is 34.6. The molecule has 5 aromatic rings. The van der Waals surface area contributed by atoms with Crippen molar-refractivity contribution in [2.75, 3.05) is 37.9 Å². The van der Waals surface area contributed by atoms with Crippen LogP contribution in [0.25, 0.3) is 11.3 Å². The minimum Gasteiger partial charge on any atom is -0.457 e. The summed E-state index contributed by atoms with van der Waals surface area (Å²) in [5.41, 5.74) is 4.24. The van der Waals surface area contributed by atoms with E-state index in [9.17, 15) is 4.79 Å². The van der Waals surface area contributed by atoms with E-state index in [1.165, 1.54) is 11.3 Å². The zero-order chi connectivity index (χ0) is 29.7. The van der Waals surface area contributed by atoms with Crippen LogP contribution < -0.4 is 9.64 Å². The molecule has 3 heterocycles. The minimum absolute atomic E-state index is 0.143. The SMILES string of the molecule is O=C1/C(=N\c2nc(-c3ccccc3)c(N=Nc3ccc(Oc4ccccc4)cc3)s2)c2ccccc2N1CN1CCOCC1. The monoisotopic (exact) mass is 600 g/mol. The van der Waals surface area contributed by atoms with Gasteiger partial charge in [0.1, 0.15) is 22.9 Å². The van der Waals surface area contributed by atoms with Crippen LogP contribution in [0.5, 0.6) is 11.5 Å². The third kappa shape index (κ3) is 6.04. The number of rotatable bonds is 8. The third-order valence-electron chi connectivity index (χ3n) is 7.27. The maximum Gasteiger partial charge on any atom is 0.278 e. The van der Waals surface area contributed by atoms with E-state index >= 15 is 0 Å². The first-order chi connectivity index (χ1) is 21.7. The van der Waals surface area contributed by atoms with Crippen molar-refractivity contribution in [2.24, 2.45) is 15.2 Å². The van der Waals surface area contributed by atoms with E-state index in [2.05, 4.69) is 15.1 Å². The number of morpholine rings is 1. The van der Waals surface area contributed by atoms with Gasteiger partial charge in [-0.3, -0.25) is 14.6 Å². The lowest BCUT2D eigenvalue weighted by molar-refractivity contribution is -0.112. The Kier molecular flexibility index (Phi) is 8.01. The molecule has 0 spiro atoms. The van der Waals surface area contributed by atoms with Crippen molar-refractivity contribution < 1.29 is 14.3 Å². The van der Waals surface area contributed by atoms with Crippen LogP contribution in [0.4, 0.5) is 21.5 Å². The first-order valence-corrected chi connectivity index (χ1v) is 15.1. The number of aliphatic imine (C=N–C) groups is 1. The molecular formula is C34H28N6O3S. The molecule has 1 aromatic heterocycles. The van der Waals surface area contributed by atoms with Crippen LogP contribution in [0.15, 0.2) is 124 Å². The Morgan fingerprint density at radius 3 is 2.25 bits per heavy atom. The summed E-state index contributed by atoms with van der Waals surface area (Å²) in [4.78, 5) is 27.4. The Morgan fingerprint density at radius 1 is 0.795 bits per heavy atom. The van der Waals surface area contributed by atoms with E-state index < -0.39 is 0 Å². The Labute approximate surface area is 258 Å².